The largest absolute Gasteiger partial charge is 0.339 e. The van der Waals surface area contributed by atoms with Gasteiger partial charge in [0.05, 0.1) is 0 Å². The SMILES string of the molecule is CC[C@@H]1CNCc2cc3ccc(Br)cc3n21. The first-order valence-corrected chi connectivity index (χ1v) is 6.59. The van der Waals surface area contributed by atoms with Crippen molar-refractivity contribution in [2.75, 3.05) is 6.54 Å². The van der Waals surface area contributed by atoms with E-state index < -0.39 is 0 Å². The molecule has 0 saturated heterocycles. The number of fused-ring (bicyclic) bond motifs is 3. The van der Waals surface area contributed by atoms with Gasteiger partial charge >= 0.3 is 0 Å². The Labute approximate surface area is 104 Å². The van der Waals surface area contributed by atoms with Crippen LogP contribution in [0.2, 0.25) is 0 Å². The summed E-state index contributed by atoms with van der Waals surface area (Å²) in [7, 11) is 0. The molecule has 84 valence electrons. The lowest BCUT2D eigenvalue weighted by molar-refractivity contribution is 0.402. The van der Waals surface area contributed by atoms with Crippen LogP contribution in [0.4, 0.5) is 0 Å². The minimum absolute atomic E-state index is 0.593. The Morgan fingerprint density at radius 3 is 3.12 bits per heavy atom. The maximum Gasteiger partial charge on any atom is 0.0497 e. The lowest BCUT2D eigenvalue weighted by Gasteiger charge is -2.27. The highest BCUT2D eigenvalue weighted by Crippen LogP contribution is 2.30. The molecule has 1 N–H and O–H groups in total. The van der Waals surface area contributed by atoms with Crippen molar-refractivity contribution in [1.82, 2.24) is 9.88 Å². The summed E-state index contributed by atoms with van der Waals surface area (Å²) in [4.78, 5) is 0. The van der Waals surface area contributed by atoms with Crippen LogP contribution in [0.25, 0.3) is 10.9 Å². The van der Waals surface area contributed by atoms with Gasteiger partial charge < -0.3 is 9.88 Å². The van der Waals surface area contributed by atoms with E-state index in [9.17, 15) is 0 Å². The van der Waals surface area contributed by atoms with Gasteiger partial charge in [0, 0.05) is 34.8 Å². The van der Waals surface area contributed by atoms with Gasteiger partial charge in [0.2, 0.25) is 0 Å². The highest BCUT2D eigenvalue weighted by molar-refractivity contribution is 9.10. The Bertz CT molecular complexity index is 530. The van der Waals surface area contributed by atoms with E-state index in [1.54, 1.807) is 0 Å². The number of halogens is 1. The number of nitrogens with one attached hydrogen (secondary N) is 1. The van der Waals surface area contributed by atoms with Crippen LogP contribution < -0.4 is 5.32 Å². The highest BCUT2D eigenvalue weighted by Gasteiger charge is 2.20. The summed E-state index contributed by atoms with van der Waals surface area (Å²) in [5.74, 6) is 0. The quantitative estimate of drug-likeness (QED) is 0.846. The summed E-state index contributed by atoms with van der Waals surface area (Å²) in [5.41, 5.74) is 2.77. The number of rotatable bonds is 1. The van der Waals surface area contributed by atoms with E-state index >= 15 is 0 Å². The zero-order valence-electron chi connectivity index (χ0n) is 9.33. The van der Waals surface area contributed by atoms with Crippen molar-refractivity contribution >= 4 is 26.8 Å². The maximum atomic E-state index is 3.56. The van der Waals surface area contributed by atoms with Gasteiger partial charge in [-0.1, -0.05) is 28.9 Å². The second kappa shape index (κ2) is 3.90. The van der Waals surface area contributed by atoms with E-state index in [2.05, 4.69) is 57.0 Å². The summed E-state index contributed by atoms with van der Waals surface area (Å²) in [6, 6.07) is 9.43. The van der Waals surface area contributed by atoms with E-state index in [1.165, 1.54) is 23.0 Å². The third-order valence-electron chi connectivity index (χ3n) is 3.41. The molecule has 2 nitrogen and oxygen atoms in total. The van der Waals surface area contributed by atoms with Crippen molar-refractivity contribution in [3.63, 3.8) is 0 Å². The van der Waals surface area contributed by atoms with Gasteiger partial charge in [0.15, 0.2) is 0 Å². The molecule has 2 heterocycles. The Morgan fingerprint density at radius 2 is 2.31 bits per heavy atom. The predicted molar refractivity (Wildman–Crippen MR) is 70.7 cm³/mol. The van der Waals surface area contributed by atoms with E-state index in [0.29, 0.717) is 6.04 Å². The van der Waals surface area contributed by atoms with Crippen LogP contribution in [0, 0.1) is 0 Å². The summed E-state index contributed by atoms with van der Waals surface area (Å²) >= 11 is 3.56. The first-order chi connectivity index (χ1) is 7.79. The van der Waals surface area contributed by atoms with Crippen LogP contribution in [0.3, 0.4) is 0 Å². The lowest BCUT2D eigenvalue weighted by atomic mass is 10.1. The van der Waals surface area contributed by atoms with Crippen molar-refractivity contribution in [2.24, 2.45) is 0 Å². The molecule has 0 spiro atoms. The minimum Gasteiger partial charge on any atom is -0.339 e. The zero-order chi connectivity index (χ0) is 11.1. The molecular weight excluding hydrogens is 264 g/mol. The van der Waals surface area contributed by atoms with Crippen LogP contribution in [0.15, 0.2) is 28.7 Å². The number of hydrogen-bond acceptors (Lipinski definition) is 1. The monoisotopic (exact) mass is 278 g/mol. The molecule has 3 heteroatoms. The zero-order valence-corrected chi connectivity index (χ0v) is 10.9. The first kappa shape index (κ1) is 10.4. The molecule has 1 aliphatic heterocycles. The molecule has 1 aliphatic rings. The highest BCUT2D eigenvalue weighted by atomic mass is 79.9. The average molecular weight is 279 g/mol. The Kier molecular flexibility index (Phi) is 2.52. The molecule has 0 unspecified atom stereocenters. The van der Waals surface area contributed by atoms with Crippen LogP contribution in [-0.4, -0.2) is 11.1 Å². The number of benzene rings is 1. The third kappa shape index (κ3) is 1.50. The summed E-state index contributed by atoms with van der Waals surface area (Å²) < 4.78 is 3.66. The third-order valence-corrected chi connectivity index (χ3v) is 3.90. The standard InChI is InChI=1S/C13H15BrN2/c1-2-11-7-15-8-12-5-9-3-4-10(14)6-13(9)16(11)12/h3-6,11,15H,2,7-8H2,1H3/t11-/m1/s1. The smallest absolute Gasteiger partial charge is 0.0497 e. The Hall–Kier alpha value is -0.800. The van der Waals surface area contributed by atoms with E-state index in [-0.39, 0.29) is 0 Å². The van der Waals surface area contributed by atoms with Crippen molar-refractivity contribution in [2.45, 2.75) is 25.9 Å². The fourth-order valence-corrected chi connectivity index (χ4v) is 2.95. The van der Waals surface area contributed by atoms with E-state index in [0.717, 1.165) is 17.6 Å². The molecule has 16 heavy (non-hydrogen) atoms. The van der Waals surface area contributed by atoms with Crippen molar-refractivity contribution in [3.05, 3.63) is 34.4 Å². The molecular formula is C13H15BrN2. The fourth-order valence-electron chi connectivity index (χ4n) is 2.60. The molecule has 0 amide bonds. The van der Waals surface area contributed by atoms with Gasteiger partial charge in [0.1, 0.15) is 0 Å². The molecule has 3 rings (SSSR count). The summed E-state index contributed by atoms with van der Waals surface area (Å²) in [6.07, 6.45) is 1.18. The second-order valence-corrected chi connectivity index (χ2v) is 5.32. The topological polar surface area (TPSA) is 17.0 Å². The Morgan fingerprint density at radius 1 is 1.44 bits per heavy atom. The molecule has 0 radical (unpaired) electrons. The van der Waals surface area contributed by atoms with E-state index in [4.69, 9.17) is 0 Å². The number of aromatic nitrogens is 1. The van der Waals surface area contributed by atoms with Gasteiger partial charge in [-0.3, -0.25) is 0 Å². The molecule has 1 atom stereocenters. The number of nitrogens with zero attached hydrogens (tertiary/aromatic N) is 1. The van der Waals surface area contributed by atoms with Gasteiger partial charge in [-0.2, -0.15) is 0 Å². The number of hydrogen-bond donors (Lipinski definition) is 1. The predicted octanol–water partition coefficient (Wildman–Crippen LogP) is 3.46. The molecule has 2 aromatic rings. The fraction of sp³-hybridized carbons (Fsp3) is 0.385. The normalized spacial score (nSPS) is 20.0. The Balaban J connectivity index is 2.27. The molecule has 0 fully saturated rings. The van der Waals surface area contributed by atoms with Gasteiger partial charge in [-0.25, -0.2) is 0 Å². The molecule has 0 saturated carbocycles. The van der Waals surface area contributed by atoms with Crippen molar-refractivity contribution < 1.29 is 0 Å². The summed E-state index contributed by atoms with van der Waals surface area (Å²) in [6.45, 7) is 4.33. The first-order valence-electron chi connectivity index (χ1n) is 5.79. The maximum absolute atomic E-state index is 3.56. The van der Waals surface area contributed by atoms with Crippen molar-refractivity contribution in [1.29, 1.82) is 0 Å². The molecule has 1 aromatic carbocycles. The summed E-state index contributed by atoms with van der Waals surface area (Å²) in [5, 5.41) is 4.83. The van der Waals surface area contributed by atoms with Crippen LogP contribution >= 0.6 is 15.9 Å². The minimum atomic E-state index is 0.593. The van der Waals surface area contributed by atoms with Crippen LogP contribution in [0.5, 0.6) is 0 Å². The van der Waals surface area contributed by atoms with Crippen LogP contribution in [0.1, 0.15) is 25.1 Å². The molecule has 0 bridgehead atoms. The van der Waals surface area contributed by atoms with Gasteiger partial charge in [-0.05, 0) is 30.0 Å². The van der Waals surface area contributed by atoms with Crippen LogP contribution in [-0.2, 0) is 6.54 Å². The van der Waals surface area contributed by atoms with E-state index in [1.807, 2.05) is 0 Å². The average Bonchev–Trinajstić information content (AvgIpc) is 2.66. The molecule has 0 aliphatic carbocycles. The van der Waals surface area contributed by atoms with Crippen molar-refractivity contribution in [3.8, 4) is 0 Å². The molecule has 1 aromatic heterocycles. The van der Waals surface area contributed by atoms with Gasteiger partial charge in [-0.15, -0.1) is 0 Å². The second-order valence-electron chi connectivity index (χ2n) is 4.40. The van der Waals surface area contributed by atoms with Gasteiger partial charge in [0.25, 0.3) is 0 Å². The lowest BCUT2D eigenvalue weighted by Crippen LogP contribution is -2.32.